The average Bonchev–Trinajstić information content (AvgIpc) is 2.52. The van der Waals surface area contributed by atoms with E-state index in [1.54, 1.807) is 24.4 Å². The monoisotopic (exact) mass is 325 g/mol. The van der Waals surface area contributed by atoms with Crippen molar-refractivity contribution in [1.29, 1.82) is 0 Å². The van der Waals surface area contributed by atoms with Gasteiger partial charge in [0.05, 0.1) is 6.61 Å². The Morgan fingerprint density at radius 3 is 2.77 bits per heavy atom. The molecule has 0 radical (unpaired) electrons. The van der Waals surface area contributed by atoms with Crippen molar-refractivity contribution in [2.45, 2.75) is 30.8 Å². The number of nitrogens with one attached hydrogen (secondary N) is 1. The zero-order valence-electron chi connectivity index (χ0n) is 12.3. The highest BCUT2D eigenvalue weighted by atomic mass is 32.2. The van der Waals surface area contributed by atoms with Crippen LogP contribution in [-0.4, -0.2) is 27.7 Å². The minimum Gasteiger partial charge on any atom is -0.394 e. The lowest BCUT2D eigenvalue weighted by Crippen LogP contribution is -2.20. The molecule has 7 heteroatoms. The van der Waals surface area contributed by atoms with Crippen LogP contribution in [0, 0.1) is 18.6 Å². The maximum absolute atomic E-state index is 13.8. The van der Waals surface area contributed by atoms with E-state index in [2.05, 4.69) is 15.3 Å². The second-order valence-corrected chi connectivity index (χ2v) is 5.85. The normalized spacial score (nSPS) is 12.2. The molecule has 2 aromatic rings. The molecular formula is C15H17F2N3OS. The topological polar surface area (TPSA) is 58.0 Å². The van der Waals surface area contributed by atoms with Gasteiger partial charge in [-0.15, -0.1) is 0 Å². The van der Waals surface area contributed by atoms with Gasteiger partial charge in [-0.3, -0.25) is 0 Å². The van der Waals surface area contributed by atoms with E-state index in [4.69, 9.17) is 5.11 Å². The highest BCUT2D eigenvalue weighted by Crippen LogP contribution is 2.24. The fourth-order valence-corrected chi connectivity index (χ4v) is 2.53. The lowest BCUT2D eigenvalue weighted by molar-refractivity contribution is 0.281. The third-order valence-electron chi connectivity index (χ3n) is 3.01. The van der Waals surface area contributed by atoms with Crippen LogP contribution in [0.2, 0.25) is 0 Å². The third kappa shape index (κ3) is 4.14. The SMILES string of the molecule is Cc1ccc(CSc2nccc(N[C@H](C)CO)n2)c(F)c1F. The molecule has 2 N–H and O–H groups in total. The van der Waals surface area contributed by atoms with Crippen LogP contribution in [0.1, 0.15) is 18.1 Å². The molecule has 0 fully saturated rings. The van der Waals surface area contributed by atoms with Crippen molar-refractivity contribution < 1.29 is 13.9 Å². The van der Waals surface area contributed by atoms with E-state index in [0.717, 1.165) is 0 Å². The smallest absolute Gasteiger partial charge is 0.189 e. The Morgan fingerprint density at radius 2 is 2.05 bits per heavy atom. The maximum Gasteiger partial charge on any atom is 0.189 e. The van der Waals surface area contributed by atoms with E-state index < -0.39 is 11.6 Å². The van der Waals surface area contributed by atoms with Gasteiger partial charge >= 0.3 is 0 Å². The second-order valence-electron chi connectivity index (χ2n) is 4.91. The van der Waals surface area contributed by atoms with Crippen LogP contribution in [-0.2, 0) is 5.75 Å². The quantitative estimate of drug-likeness (QED) is 0.631. The molecular weight excluding hydrogens is 308 g/mol. The van der Waals surface area contributed by atoms with Gasteiger partial charge in [-0.2, -0.15) is 0 Å². The van der Waals surface area contributed by atoms with E-state index in [1.807, 2.05) is 6.92 Å². The number of aliphatic hydroxyl groups is 1. The predicted octanol–water partition coefficient (Wildman–Crippen LogP) is 3.15. The van der Waals surface area contributed by atoms with Crippen molar-refractivity contribution in [1.82, 2.24) is 9.97 Å². The Bertz CT molecular complexity index is 655. The van der Waals surface area contributed by atoms with E-state index in [1.165, 1.54) is 18.7 Å². The van der Waals surface area contributed by atoms with E-state index in [9.17, 15) is 8.78 Å². The van der Waals surface area contributed by atoms with Crippen molar-refractivity contribution in [2.75, 3.05) is 11.9 Å². The molecule has 1 heterocycles. The standard InChI is InChI=1S/C15H17F2N3OS/c1-9-3-4-11(14(17)13(9)16)8-22-15-18-6-5-12(20-15)19-10(2)7-21/h3-6,10,21H,7-8H2,1-2H3,(H,18,19,20)/t10-/m1/s1. The Kier molecular flexibility index (Phi) is 5.68. The lowest BCUT2D eigenvalue weighted by atomic mass is 10.1. The summed E-state index contributed by atoms with van der Waals surface area (Å²) in [5.74, 6) is -0.821. The van der Waals surface area contributed by atoms with Crippen LogP contribution in [0.5, 0.6) is 0 Å². The van der Waals surface area contributed by atoms with Gasteiger partial charge in [-0.1, -0.05) is 23.9 Å². The lowest BCUT2D eigenvalue weighted by Gasteiger charge is -2.11. The van der Waals surface area contributed by atoms with Gasteiger partial charge in [0.1, 0.15) is 5.82 Å². The molecule has 0 aliphatic carbocycles. The van der Waals surface area contributed by atoms with Crippen molar-refractivity contribution in [2.24, 2.45) is 0 Å². The molecule has 4 nitrogen and oxygen atoms in total. The van der Waals surface area contributed by atoms with Crippen LogP contribution in [0.4, 0.5) is 14.6 Å². The summed E-state index contributed by atoms with van der Waals surface area (Å²) < 4.78 is 27.3. The molecule has 118 valence electrons. The first-order chi connectivity index (χ1) is 10.5. The number of halogens is 2. The van der Waals surface area contributed by atoms with E-state index in [0.29, 0.717) is 11.0 Å². The second kappa shape index (κ2) is 7.51. The number of aromatic nitrogens is 2. The first-order valence-electron chi connectivity index (χ1n) is 6.78. The minimum absolute atomic E-state index is 0.0136. The Morgan fingerprint density at radius 1 is 1.27 bits per heavy atom. The molecule has 0 aliphatic rings. The number of nitrogens with zero attached hydrogens (tertiary/aromatic N) is 2. The summed E-state index contributed by atoms with van der Waals surface area (Å²) in [4.78, 5) is 8.35. The zero-order chi connectivity index (χ0) is 16.1. The summed E-state index contributed by atoms with van der Waals surface area (Å²) in [5.41, 5.74) is 0.561. The van der Waals surface area contributed by atoms with Crippen LogP contribution in [0.15, 0.2) is 29.6 Å². The summed E-state index contributed by atoms with van der Waals surface area (Å²) in [5, 5.41) is 12.5. The first-order valence-corrected chi connectivity index (χ1v) is 7.76. The third-order valence-corrected chi connectivity index (χ3v) is 3.92. The predicted molar refractivity (Wildman–Crippen MR) is 82.9 cm³/mol. The van der Waals surface area contributed by atoms with Crippen molar-refractivity contribution in [3.05, 3.63) is 47.2 Å². The van der Waals surface area contributed by atoms with E-state index in [-0.39, 0.29) is 29.5 Å². The average molecular weight is 325 g/mol. The Labute approximate surface area is 132 Å². The Balaban J connectivity index is 2.06. The van der Waals surface area contributed by atoms with Gasteiger partial charge in [0.25, 0.3) is 0 Å². The van der Waals surface area contributed by atoms with Crippen LogP contribution in [0.3, 0.4) is 0 Å². The molecule has 2 rings (SSSR count). The fraction of sp³-hybridized carbons (Fsp3) is 0.333. The summed E-state index contributed by atoms with van der Waals surface area (Å²) in [6, 6.07) is 4.67. The molecule has 1 aromatic carbocycles. The number of anilines is 1. The summed E-state index contributed by atoms with van der Waals surface area (Å²) in [6.45, 7) is 3.33. The highest BCUT2D eigenvalue weighted by molar-refractivity contribution is 7.98. The molecule has 0 saturated carbocycles. The minimum atomic E-state index is -0.823. The van der Waals surface area contributed by atoms with Crippen molar-refractivity contribution >= 4 is 17.6 Å². The number of rotatable bonds is 6. The van der Waals surface area contributed by atoms with Crippen molar-refractivity contribution in [3.63, 3.8) is 0 Å². The molecule has 1 atom stereocenters. The number of aliphatic hydroxyl groups excluding tert-OH is 1. The number of hydrogen-bond donors (Lipinski definition) is 2. The molecule has 0 aliphatic heterocycles. The number of thioether (sulfide) groups is 1. The number of aryl methyl sites for hydroxylation is 1. The summed E-state index contributed by atoms with van der Waals surface area (Å²) in [6.07, 6.45) is 1.58. The van der Waals surface area contributed by atoms with Gasteiger partial charge in [-0.25, -0.2) is 18.7 Å². The first kappa shape index (κ1) is 16.6. The van der Waals surface area contributed by atoms with Gasteiger partial charge in [0.2, 0.25) is 0 Å². The van der Waals surface area contributed by atoms with Gasteiger partial charge in [-0.05, 0) is 25.5 Å². The molecule has 0 amide bonds. The summed E-state index contributed by atoms with van der Waals surface area (Å²) >= 11 is 1.22. The highest BCUT2D eigenvalue weighted by Gasteiger charge is 2.12. The maximum atomic E-state index is 13.8. The fourth-order valence-electron chi connectivity index (χ4n) is 1.73. The molecule has 0 spiro atoms. The zero-order valence-corrected chi connectivity index (χ0v) is 13.1. The summed E-state index contributed by atoms with van der Waals surface area (Å²) in [7, 11) is 0. The van der Waals surface area contributed by atoms with Gasteiger partial charge in [0, 0.05) is 23.6 Å². The largest absolute Gasteiger partial charge is 0.394 e. The van der Waals surface area contributed by atoms with Gasteiger partial charge < -0.3 is 10.4 Å². The van der Waals surface area contributed by atoms with E-state index >= 15 is 0 Å². The van der Waals surface area contributed by atoms with Crippen molar-refractivity contribution in [3.8, 4) is 0 Å². The molecule has 0 saturated heterocycles. The van der Waals surface area contributed by atoms with Gasteiger partial charge in [0.15, 0.2) is 16.8 Å². The van der Waals surface area contributed by atoms with Crippen LogP contribution in [0.25, 0.3) is 0 Å². The Hall–Kier alpha value is -1.73. The molecule has 0 unspecified atom stereocenters. The van der Waals surface area contributed by atoms with Crippen LogP contribution >= 0.6 is 11.8 Å². The number of hydrogen-bond acceptors (Lipinski definition) is 5. The molecule has 0 bridgehead atoms. The molecule has 1 aromatic heterocycles. The number of benzene rings is 1. The molecule has 22 heavy (non-hydrogen) atoms. The van der Waals surface area contributed by atoms with Crippen LogP contribution < -0.4 is 5.32 Å².